The molecule has 5 rings (SSSR count). The number of pyridine rings is 1. The van der Waals surface area contributed by atoms with Crippen LogP contribution in [0.3, 0.4) is 0 Å². The van der Waals surface area contributed by atoms with Crippen LogP contribution in [0.15, 0.2) is 18.6 Å². The average molecular weight is 538 g/mol. The van der Waals surface area contributed by atoms with Gasteiger partial charge in [0.15, 0.2) is 5.82 Å². The zero-order valence-corrected chi connectivity index (χ0v) is 23.5. The van der Waals surface area contributed by atoms with E-state index in [0.717, 1.165) is 106 Å². The van der Waals surface area contributed by atoms with Crippen molar-refractivity contribution in [3.8, 4) is 11.1 Å². The second-order valence-corrected chi connectivity index (χ2v) is 11.1. The van der Waals surface area contributed by atoms with Crippen LogP contribution in [0, 0.1) is 5.41 Å². The molecule has 0 radical (unpaired) electrons. The fourth-order valence-corrected chi connectivity index (χ4v) is 6.07. The first-order valence-electron chi connectivity index (χ1n) is 14.5. The fourth-order valence-electron chi connectivity index (χ4n) is 6.07. The lowest BCUT2D eigenvalue weighted by atomic mass is 9.73. The van der Waals surface area contributed by atoms with Crippen LogP contribution in [0.5, 0.6) is 0 Å². The predicted molar refractivity (Wildman–Crippen MR) is 153 cm³/mol. The summed E-state index contributed by atoms with van der Waals surface area (Å²) in [4.78, 5) is 14.4. The Morgan fingerprint density at radius 2 is 1.77 bits per heavy atom. The number of hydrogen-bond acceptors (Lipinski definition) is 9. The Kier molecular flexibility index (Phi) is 8.64. The molecule has 2 fully saturated rings. The van der Waals surface area contributed by atoms with Crippen molar-refractivity contribution in [2.45, 2.75) is 90.3 Å². The summed E-state index contributed by atoms with van der Waals surface area (Å²) in [5.74, 6) is 1.13. The Hall–Kier alpha value is -2.82. The molecule has 2 aliphatic carbocycles. The lowest BCUT2D eigenvalue weighted by Gasteiger charge is -2.39. The van der Waals surface area contributed by atoms with Gasteiger partial charge in [0.2, 0.25) is 0 Å². The molecule has 0 unspecified atom stereocenters. The Labute approximate surface area is 230 Å². The molecule has 0 spiro atoms. The van der Waals surface area contributed by atoms with E-state index in [0.29, 0.717) is 17.4 Å². The molecule has 0 amide bonds. The predicted octanol–water partition coefficient (Wildman–Crippen LogP) is 4.53. The topological polar surface area (TPSA) is 133 Å². The van der Waals surface area contributed by atoms with Crippen molar-refractivity contribution in [2.24, 2.45) is 5.41 Å². The lowest BCUT2D eigenvalue weighted by Crippen LogP contribution is -2.37. The fraction of sp³-hybridized carbons (Fsp3) is 0.655. The summed E-state index contributed by atoms with van der Waals surface area (Å²) in [5, 5.41) is 18.3. The van der Waals surface area contributed by atoms with E-state index in [1.165, 1.54) is 0 Å². The number of nitrogens with two attached hydrogens (primary N) is 1. The maximum atomic E-state index is 10.00. The van der Waals surface area contributed by atoms with Crippen molar-refractivity contribution in [3.05, 3.63) is 24.3 Å². The SMILES string of the molecule is CCOCC1(COCC)CCC(n2cc(-c3cnc(N)c4nc(CC)c(N[C@@H]5CC[C@H](O)C5)nc34)cn2)CC1. The summed E-state index contributed by atoms with van der Waals surface area (Å²) in [6, 6.07) is 0.512. The number of aryl methyl sites for hydroxylation is 1. The van der Waals surface area contributed by atoms with Crippen LogP contribution in [0.1, 0.15) is 77.5 Å². The van der Waals surface area contributed by atoms with Crippen LogP contribution >= 0.6 is 0 Å². The number of nitrogen functional groups attached to an aromatic ring is 1. The van der Waals surface area contributed by atoms with E-state index in [-0.39, 0.29) is 17.6 Å². The molecule has 0 aliphatic heterocycles. The van der Waals surface area contributed by atoms with Gasteiger partial charge < -0.3 is 25.6 Å². The molecule has 10 nitrogen and oxygen atoms in total. The molecular formula is C29H43N7O3. The Morgan fingerprint density at radius 1 is 1.03 bits per heavy atom. The van der Waals surface area contributed by atoms with E-state index in [4.69, 9.17) is 30.3 Å². The van der Waals surface area contributed by atoms with Crippen LogP contribution in [0.2, 0.25) is 0 Å². The minimum atomic E-state index is -0.259. The molecule has 0 aromatic carbocycles. The standard InChI is InChI=1S/C29H43N7O3/c1-4-24-28(33-20-7-8-22(37)13-20)35-25-23(15-31-27(30)26(25)34-24)19-14-32-36(16-19)21-9-11-29(12-10-21,17-38-5-2)18-39-6-3/h14-16,20-22,37H,4-13,17-18H2,1-3H3,(H2,30,31)(H,33,35)/t20-,22+/m1/s1. The van der Waals surface area contributed by atoms with Crippen LogP contribution in [0.25, 0.3) is 22.2 Å². The first kappa shape index (κ1) is 27.7. The second-order valence-electron chi connectivity index (χ2n) is 11.1. The van der Waals surface area contributed by atoms with Gasteiger partial charge in [0.25, 0.3) is 0 Å². The molecule has 0 saturated heterocycles. The lowest BCUT2D eigenvalue weighted by molar-refractivity contribution is -0.0437. The van der Waals surface area contributed by atoms with Crippen molar-refractivity contribution in [2.75, 3.05) is 37.5 Å². The highest BCUT2D eigenvalue weighted by Gasteiger charge is 2.37. The van der Waals surface area contributed by atoms with Gasteiger partial charge in [-0.3, -0.25) is 4.68 Å². The smallest absolute Gasteiger partial charge is 0.151 e. The van der Waals surface area contributed by atoms with Crippen LogP contribution in [-0.2, 0) is 15.9 Å². The minimum absolute atomic E-state index is 0.0842. The van der Waals surface area contributed by atoms with Crippen LogP contribution in [0.4, 0.5) is 11.6 Å². The summed E-state index contributed by atoms with van der Waals surface area (Å²) < 4.78 is 13.8. The van der Waals surface area contributed by atoms with Gasteiger partial charge in [-0.1, -0.05) is 6.92 Å². The normalized spacial score (nSPS) is 21.5. The molecule has 2 aliphatic rings. The van der Waals surface area contributed by atoms with Crippen LogP contribution < -0.4 is 11.1 Å². The molecule has 2 atom stereocenters. The Bertz CT molecular complexity index is 1250. The molecule has 39 heavy (non-hydrogen) atoms. The van der Waals surface area contributed by atoms with E-state index in [2.05, 4.69) is 28.1 Å². The molecule has 10 heteroatoms. The highest BCUT2D eigenvalue weighted by Crippen LogP contribution is 2.42. The summed E-state index contributed by atoms with van der Waals surface area (Å²) in [5.41, 5.74) is 10.4. The molecule has 0 bridgehead atoms. The summed E-state index contributed by atoms with van der Waals surface area (Å²) >= 11 is 0. The van der Waals surface area contributed by atoms with Crippen LogP contribution in [-0.4, -0.2) is 68.4 Å². The second kappa shape index (κ2) is 12.1. The summed E-state index contributed by atoms with van der Waals surface area (Å²) in [6.45, 7) is 9.11. The van der Waals surface area contributed by atoms with E-state index >= 15 is 0 Å². The highest BCUT2D eigenvalue weighted by atomic mass is 16.5. The van der Waals surface area contributed by atoms with Gasteiger partial charge in [0.1, 0.15) is 16.9 Å². The van der Waals surface area contributed by atoms with Gasteiger partial charge in [-0.2, -0.15) is 5.10 Å². The number of nitrogens with zero attached hydrogens (tertiary/aromatic N) is 5. The van der Waals surface area contributed by atoms with Crippen molar-refractivity contribution in [1.29, 1.82) is 0 Å². The Morgan fingerprint density at radius 3 is 2.41 bits per heavy atom. The van der Waals surface area contributed by atoms with Gasteiger partial charge in [0, 0.05) is 48.2 Å². The largest absolute Gasteiger partial charge is 0.393 e. The molecule has 3 aromatic heterocycles. The highest BCUT2D eigenvalue weighted by molar-refractivity contribution is 5.96. The van der Waals surface area contributed by atoms with E-state index < -0.39 is 0 Å². The van der Waals surface area contributed by atoms with E-state index in [1.54, 1.807) is 6.20 Å². The first-order valence-corrected chi connectivity index (χ1v) is 14.5. The van der Waals surface area contributed by atoms with Gasteiger partial charge in [0.05, 0.1) is 37.3 Å². The number of rotatable bonds is 11. The van der Waals surface area contributed by atoms with Gasteiger partial charge >= 0.3 is 0 Å². The van der Waals surface area contributed by atoms with Crippen molar-refractivity contribution in [3.63, 3.8) is 0 Å². The maximum absolute atomic E-state index is 10.00. The Balaban J connectivity index is 1.39. The number of hydrogen-bond donors (Lipinski definition) is 3. The third-order valence-corrected chi connectivity index (χ3v) is 8.41. The number of fused-ring (bicyclic) bond motifs is 1. The van der Waals surface area contributed by atoms with E-state index in [9.17, 15) is 5.11 Å². The number of nitrogens with one attached hydrogen (secondary N) is 1. The number of aromatic nitrogens is 5. The van der Waals surface area contributed by atoms with Crippen molar-refractivity contribution < 1.29 is 14.6 Å². The van der Waals surface area contributed by atoms with Crippen molar-refractivity contribution >= 4 is 22.7 Å². The van der Waals surface area contributed by atoms with Crippen molar-refractivity contribution in [1.82, 2.24) is 24.7 Å². The van der Waals surface area contributed by atoms with Gasteiger partial charge in [-0.25, -0.2) is 15.0 Å². The molecule has 212 valence electrons. The molecule has 2 saturated carbocycles. The number of anilines is 2. The summed E-state index contributed by atoms with van der Waals surface area (Å²) in [6.07, 6.45) is 12.8. The monoisotopic (exact) mass is 537 g/mol. The molecule has 3 heterocycles. The molecule has 3 aromatic rings. The zero-order valence-electron chi connectivity index (χ0n) is 23.5. The number of aliphatic hydroxyl groups is 1. The zero-order chi connectivity index (χ0) is 27.4. The minimum Gasteiger partial charge on any atom is -0.393 e. The summed E-state index contributed by atoms with van der Waals surface area (Å²) in [7, 11) is 0. The third-order valence-electron chi connectivity index (χ3n) is 8.41. The molecule has 4 N–H and O–H groups in total. The number of ether oxygens (including phenoxy) is 2. The molecular weight excluding hydrogens is 494 g/mol. The van der Waals surface area contributed by atoms with Gasteiger partial charge in [-0.15, -0.1) is 0 Å². The van der Waals surface area contributed by atoms with E-state index in [1.807, 2.05) is 20.0 Å². The average Bonchev–Trinajstić information content (AvgIpc) is 3.60. The number of aliphatic hydroxyl groups excluding tert-OH is 1. The quantitative estimate of drug-likeness (QED) is 0.322. The maximum Gasteiger partial charge on any atom is 0.151 e. The van der Waals surface area contributed by atoms with Gasteiger partial charge in [-0.05, 0) is 65.2 Å². The third kappa shape index (κ3) is 6.02. The first-order chi connectivity index (χ1) is 18.9.